The molecule has 0 spiro atoms. The summed E-state index contributed by atoms with van der Waals surface area (Å²) >= 11 is 0. The normalized spacial score (nSPS) is 13.9. The number of carbonyl (C=O) groups is 1. The maximum absolute atomic E-state index is 12.2. The average molecular weight is 386 g/mol. The molecule has 28 heavy (non-hydrogen) atoms. The van der Waals surface area contributed by atoms with E-state index < -0.39 is 5.91 Å². The van der Waals surface area contributed by atoms with Gasteiger partial charge in [-0.1, -0.05) is 31.6 Å². The molecule has 0 radical (unpaired) electrons. The van der Waals surface area contributed by atoms with Gasteiger partial charge in [-0.3, -0.25) is 4.79 Å². The summed E-state index contributed by atoms with van der Waals surface area (Å²) in [5.74, 6) is -0.678. The van der Waals surface area contributed by atoms with E-state index in [2.05, 4.69) is 10.6 Å². The fraction of sp³-hybridized carbons (Fsp3) is 0.318. The standard InChI is InChI=1S/C20H24N2O4.C2H6/c1-13(12-22-16-8-7-15(23)11-14(16)2)9-10-21-20(26)19-17(24)5-3-4-6-18(19)25;1-2/h3-5,7-8,11-12,22-25H,6,9-10H2,1-2H3,(H,21,26);1-2H3/b13-12+;. The van der Waals surface area contributed by atoms with Gasteiger partial charge in [-0.05, 0) is 56.3 Å². The van der Waals surface area contributed by atoms with Gasteiger partial charge in [0.15, 0.2) is 0 Å². The van der Waals surface area contributed by atoms with E-state index in [0.717, 1.165) is 16.8 Å². The smallest absolute Gasteiger partial charge is 0.258 e. The molecule has 6 nitrogen and oxygen atoms in total. The van der Waals surface area contributed by atoms with Crippen LogP contribution < -0.4 is 10.6 Å². The average Bonchev–Trinajstić information content (AvgIpc) is 2.82. The van der Waals surface area contributed by atoms with Crippen molar-refractivity contribution < 1.29 is 20.1 Å². The van der Waals surface area contributed by atoms with E-state index in [4.69, 9.17) is 0 Å². The first kappa shape index (κ1) is 22.9. The second-order valence-electron chi connectivity index (χ2n) is 6.15. The summed E-state index contributed by atoms with van der Waals surface area (Å²) in [5, 5.41) is 35.0. The highest BCUT2D eigenvalue weighted by Gasteiger charge is 2.19. The minimum absolute atomic E-state index is 0.0884. The third-order valence-corrected chi connectivity index (χ3v) is 3.96. The second kappa shape index (κ2) is 11.5. The summed E-state index contributed by atoms with van der Waals surface area (Å²) < 4.78 is 0. The zero-order valence-corrected chi connectivity index (χ0v) is 16.9. The van der Waals surface area contributed by atoms with E-state index in [1.807, 2.05) is 33.9 Å². The summed E-state index contributed by atoms with van der Waals surface area (Å²) in [6, 6.07) is 5.08. The number of carbonyl (C=O) groups excluding carboxylic acids is 1. The molecule has 152 valence electrons. The molecule has 1 aliphatic carbocycles. The number of anilines is 1. The number of phenols is 1. The van der Waals surface area contributed by atoms with Crippen LogP contribution in [0, 0.1) is 6.92 Å². The predicted octanol–water partition coefficient (Wildman–Crippen LogP) is 4.76. The van der Waals surface area contributed by atoms with Crippen molar-refractivity contribution in [1.29, 1.82) is 0 Å². The molecule has 0 atom stereocenters. The number of hydrogen-bond donors (Lipinski definition) is 5. The van der Waals surface area contributed by atoms with Crippen LogP contribution in [0.3, 0.4) is 0 Å². The lowest BCUT2D eigenvalue weighted by atomic mass is 10.1. The van der Waals surface area contributed by atoms with Crippen molar-refractivity contribution in [1.82, 2.24) is 5.32 Å². The first-order chi connectivity index (χ1) is 13.4. The number of amides is 1. The molecule has 0 aromatic heterocycles. The van der Waals surface area contributed by atoms with Gasteiger partial charge in [0.1, 0.15) is 22.8 Å². The van der Waals surface area contributed by atoms with Crippen LogP contribution >= 0.6 is 0 Å². The fourth-order valence-electron chi connectivity index (χ4n) is 2.46. The van der Waals surface area contributed by atoms with Gasteiger partial charge in [0.05, 0.1) is 0 Å². The number of allylic oxidation sites excluding steroid dienone is 3. The number of aliphatic hydroxyl groups excluding tert-OH is 2. The molecule has 0 heterocycles. The largest absolute Gasteiger partial charge is 0.511 e. The second-order valence-corrected chi connectivity index (χ2v) is 6.15. The van der Waals surface area contributed by atoms with Crippen LogP contribution in [0.25, 0.3) is 0 Å². The Kier molecular flexibility index (Phi) is 9.43. The van der Waals surface area contributed by atoms with Crippen molar-refractivity contribution in [3.8, 4) is 5.75 Å². The van der Waals surface area contributed by atoms with E-state index in [1.54, 1.807) is 30.4 Å². The van der Waals surface area contributed by atoms with E-state index in [9.17, 15) is 20.1 Å². The van der Waals surface area contributed by atoms with Crippen LogP contribution in [0.1, 0.15) is 39.2 Å². The van der Waals surface area contributed by atoms with E-state index in [1.165, 1.54) is 6.08 Å². The molecule has 0 unspecified atom stereocenters. The highest BCUT2D eigenvalue weighted by molar-refractivity contribution is 5.97. The maximum atomic E-state index is 12.2. The van der Waals surface area contributed by atoms with Gasteiger partial charge in [-0.2, -0.15) is 0 Å². The first-order valence-electron chi connectivity index (χ1n) is 9.36. The van der Waals surface area contributed by atoms with Gasteiger partial charge < -0.3 is 26.0 Å². The van der Waals surface area contributed by atoms with Gasteiger partial charge in [0.2, 0.25) is 0 Å². The van der Waals surface area contributed by atoms with Gasteiger partial charge in [-0.15, -0.1) is 0 Å². The van der Waals surface area contributed by atoms with E-state index >= 15 is 0 Å². The van der Waals surface area contributed by atoms with E-state index in [-0.39, 0.29) is 29.3 Å². The van der Waals surface area contributed by atoms with Gasteiger partial charge >= 0.3 is 0 Å². The summed E-state index contributed by atoms with van der Waals surface area (Å²) in [7, 11) is 0. The van der Waals surface area contributed by atoms with Crippen LogP contribution in [0.5, 0.6) is 5.75 Å². The minimum Gasteiger partial charge on any atom is -0.511 e. The molecule has 0 bridgehead atoms. The Hall–Kier alpha value is -3.15. The number of rotatable bonds is 6. The van der Waals surface area contributed by atoms with Crippen LogP contribution in [-0.4, -0.2) is 27.8 Å². The van der Waals surface area contributed by atoms with Gasteiger partial charge in [-0.25, -0.2) is 0 Å². The number of nitrogens with one attached hydrogen (secondary N) is 2. The molecule has 6 heteroatoms. The number of aryl methyl sites for hydroxylation is 1. The molecule has 0 saturated carbocycles. The topological polar surface area (TPSA) is 102 Å². The Labute approximate surface area is 166 Å². The summed E-state index contributed by atoms with van der Waals surface area (Å²) in [6.07, 6.45) is 7.29. The Bertz CT molecular complexity index is 805. The molecule has 0 saturated heterocycles. The molecule has 1 aliphatic rings. The Morgan fingerprint density at radius 2 is 1.93 bits per heavy atom. The third-order valence-electron chi connectivity index (χ3n) is 3.96. The van der Waals surface area contributed by atoms with Crippen molar-refractivity contribution in [2.24, 2.45) is 0 Å². The van der Waals surface area contributed by atoms with Crippen LogP contribution in [0.4, 0.5) is 5.69 Å². The predicted molar refractivity (Wildman–Crippen MR) is 113 cm³/mol. The Balaban J connectivity index is 0.00000190. The van der Waals surface area contributed by atoms with Crippen molar-refractivity contribution in [3.05, 3.63) is 70.9 Å². The minimum atomic E-state index is -0.505. The quantitative estimate of drug-likeness (QED) is 0.454. The molecule has 2 rings (SSSR count). The van der Waals surface area contributed by atoms with Crippen molar-refractivity contribution in [3.63, 3.8) is 0 Å². The number of phenolic OH excluding ortho intramolecular Hbond substituents is 1. The van der Waals surface area contributed by atoms with Crippen molar-refractivity contribution in [2.75, 3.05) is 11.9 Å². The zero-order chi connectivity index (χ0) is 21.1. The Morgan fingerprint density at radius 1 is 1.21 bits per heavy atom. The summed E-state index contributed by atoms with van der Waals surface area (Å²) in [5.41, 5.74) is 2.74. The van der Waals surface area contributed by atoms with E-state index in [0.29, 0.717) is 13.0 Å². The van der Waals surface area contributed by atoms with Crippen LogP contribution in [0.15, 0.2) is 65.3 Å². The summed E-state index contributed by atoms with van der Waals surface area (Å²) in [4.78, 5) is 12.2. The molecule has 5 N–H and O–H groups in total. The molecular formula is C22H30N2O4. The lowest BCUT2D eigenvalue weighted by molar-refractivity contribution is -0.117. The van der Waals surface area contributed by atoms with Crippen LogP contribution in [0.2, 0.25) is 0 Å². The van der Waals surface area contributed by atoms with Gasteiger partial charge in [0.25, 0.3) is 5.91 Å². The number of hydrogen-bond acceptors (Lipinski definition) is 5. The monoisotopic (exact) mass is 386 g/mol. The number of aliphatic hydroxyl groups is 2. The molecule has 0 fully saturated rings. The third kappa shape index (κ3) is 6.87. The SMILES string of the molecule is C/C(=C\Nc1ccc(O)cc1C)CCNC(=O)C1=C(O)CC=CC=C1O.CC. The Morgan fingerprint density at radius 3 is 2.61 bits per heavy atom. The van der Waals surface area contributed by atoms with Crippen molar-refractivity contribution >= 4 is 11.6 Å². The number of aromatic hydroxyl groups is 1. The molecule has 1 aromatic rings. The molecule has 1 aromatic carbocycles. The molecule has 0 aliphatic heterocycles. The zero-order valence-electron chi connectivity index (χ0n) is 16.9. The summed E-state index contributed by atoms with van der Waals surface area (Å²) in [6.45, 7) is 8.20. The molecule has 1 amide bonds. The lowest BCUT2D eigenvalue weighted by Gasteiger charge is -2.10. The lowest BCUT2D eigenvalue weighted by Crippen LogP contribution is -2.28. The highest BCUT2D eigenvalue weighted by atomic mass is 16.3. The maximum Gasteiger partial charge on any atom is 0.258 e. The van der Waals surface area contributed by atoms with Gasteiger partial charge in [0, 0.05) is 18.7 Å². The number of benzene rings is 1. The van der Waals surface area contributed by atoms with Crippen LogP contribution in [-0.2, 0) is 4.79 Å². The first-order valence-corrected chi connectivity index (χ1v) is 9.36. The molecular weight excluding hydrogens is 356 g/mol. The highest BCUT2D eigenvalue weighted by Crippen LogP contribution is 2.20. The fourth-order valence-corrected chi connectivity index (χ4v) is 2.46. The van der Waals surface area contributed by atoms with Crippen molar-refractivity contribution in [2.45, 2.75) is 40.5 Å².